The second-order valence-electron chi connectivity index (χ2n) is 6.37. The summed E-state index contributed by atoms with van der Waals surface area (Å²) in [6.45, 7) is 0. The molecule has 0 aromatic heterocycles. The lowest BCUT2D eigenvalue weighted by Gasteiger charge is -2.14. The van der Waals surface area contributed by atoms with Gasteiger partial charge in [0, 0.05) is 10.9 Å². The fraction of sp³-hybridized carbons (Fsp3) is 0.150. The Morgan fingerprint density at radius 3 is 2.52 bits per heavy atom. The van der Waals surface area contributed by atoms with Gasteiger partial charge >= 0.3 is 0 Å². The molecule has 6 nitrogen and oxygen atoms in total. The van der Waals surface area contributed by atoms with Crippen LogP contribution in [-0.2, 0) is 22.9 Å². The van der Waals surface area contributed by atoms with Gasteiger partial charge in [-0.05, 0) is 53.6 Å². The van der Waals surface area contributed by atoms with Crippen molar-refractivity contribution < 1.29 is 23.1 Å². The predicted octanol–water partition coefficient (Wildman–Crippen LogP) is 2.11. The molecule has 1 N–H and O–H groups in total. The van der Waals surface area contributed by atoms with Crippen LogP contribution in [0.2, 0.25) is 0 Å². The Kier molecular flexibility index (Phi) is 4.04. The lowest BCUT2D eigenvalue weighted by atomic mass is 10.0. The molecule has 0 aliphatic heterocycles. The molecule has 0 heterocycles. The quantitative estimate of drug-likeness (QED) is 0.729. The monoisotopic (exact) mass is 382 g/mol. The fourth-order valence-corrected chi connectivity index (χ4v) is 4.66. The number of carboxylic acid groups (broad SMARTS) is 1. The van der Waals surface area contributed by atoms with E-state index in [1.807, 2.05) is 24.3 Å². The topological polar surface area (TPSA) is 95.5 Å². The third-order valence-electron chi connectivity index (χ3n) is 4.82. The maximum absolute atomic E-state index is 12.8. The maximum atomic E-state index is 12.8. The Hall–Kier alpha value is -3.06. The van der Waals surface area contributed by atoms with Crippen molar-refractivity contribution in [3.8, 4) is 5.75 Å². The van der Waals surface area contributed by atoms with E-state index in [4.69, 9.17) is 4.74 Å². The molecule has 0 radical (unpaired) electrons. The third-order valence-corrected chi connectivity index (χ3v) is 6.19. The van der Waals surface area contributed by atoms with Crippen molar-refractivity contribution in [3.05, 3.63) is 65.2 Å². The predicted molar refractivity (Wildman–Crippen MR) is 99.5 cm³/mol. The molecule has 3 aromatic carbocycles. The van der Waals surface area contributed by atoms with Gasteiger partial charge in [0.1, 0.15) is 5.75 Å². The van der Waals surface area contributed by atoms with Gasteiger partial charge in [0.25, 0.3) is 10.0 Å². The van der Waals surface area contributed by atoms with Gasteiger partial charge in [0.2, 0.25) is 0 Å². The molecule has 1 aliphatic carbocycles. The Morgan fingerprint density at radius 2 is 1.81 bits per heavy atom. The number of hydrogen-bond donors (Lipinski definition) is 1. The van der Waals surface area contributed by atoms with Crippen molar-refractivity contribution in [1.82, 2.24) is 0 Å². The van der Waals surface area contributed by atoms with Crippen LogP contribution in [0.25, 0.3) is 10.8 Å². The molecule has 0 amide bonds. The van der Waals surface area contributed by atoms with E-state index in [1.165, 1.54) is 30.4 Å². The summed E-state index contributed by atoms with van der Waals surface area (Å²) in [4.78, 5) is 11.1. The summed E-state index contributed by atoms with van der Waals surface area (Å²) in [7, 11) is -2.68. The minimum Gasteiger partial charge on any atom is -0.545 e. The van der Waals surface area contributed by atoms with E-state index in [0.29, 0.717) is 5.69 Å². The molecule has 7 heteroatoms. The van der Waals surface area contributed by atoms with Crippen LogP contribution in [0.3, 0.4) is 0 Å². The van der Waals surface area contributed by atoms with Gasteiger partial charge in [-0.15, -0.1) is 0 Å². The van der Waals surface area contributed by atoms with Crippen molar-refractivity contribution in [2.75, 3.05) is 11.8 Å². The van der Waals surface area contributed by atoms with Crippen molar-refractivity contribution in [2.24, 2.45) is 0 Å². The number of ether oxygens (including phenoxy) is 1. The second-order valence-corrected chi connectivity index (χ2v) is 8.05. The third kappa shape index (κ3) is 2.90. The van der Waals surface area contributed by atoms with Gasteiger partial charge < -0.3 is 14.6 Å². The number of aryl methyl sites for hydroxylation is 2. The first-order valence-corrected chi connectivity index (χ1v) is 9.85. The van der Waals surface area contributed by atoms with E-state index < -0.39 is 16.0 Å². The standard InChI is InChI=1S/C20H17NO5S/c1-26-18-10-8-14(11-16(18)20(22)23)27(24,25)21-17-9-7-13-6-5-12-3-2-4-15(17)19(12)13/h2-4,7-11,21H,5-6H2,1H3,(H,22,23)/p-1. The van der Waals surface area contributed by atoms with E-state index in [9.17, 15) is 18.3 Å². The average molecular weight is 382 g/mol. The van der Waals surface area contributed by atoms with Crippen LogP contribution in [0, 0.1) is 0 Å². The zero-order valence-electron chi connectivity index (χ0n) is 14.5. The van der Waals surface area contributed by atoms with Crippen LogP contribution in [-0.4, -0.2) is 21.5 Å². The van der Waals surface area contributed by atoms with E-state index in [1.54, 1.807) is 6.07 Å². The van der Waals surface area contributed by atoms with E-state index in [2.05, 4.69) is 4.72 Å². The normalized spacial score (nSPS) is 12.9. The van der Waals surface area contributed by atoms with Gasteiger partial charge in [0.05, 0.1) is 23.7 Å². The number of rotatable bonds is 5. The molecule has 4 rings (SSSR count). The number of nitrogens with one attached hydrogen (secondary N) is 1. The minimum absolute atomic E-state index is 0.0410. The number of hydrogen-bond acceptors (Lipinski definition) is 5. The molecular weight excluding hydrogens is 366 g/mol. The lowest BCUT2D eigenvalue weighted by Crippen LogP contribution is -2.24. The number of anilines is 1. The average Bonchev–Trinajstić information content (AvgIpc) is 3.08. The summed E-state index contributed by atoms with van der Waals surface area (Å²) in [5, 5.41) is 13.2. The summed E-state index contributed by atoms with van der Waals surface area (Å²) < 4.78 is 33.2. The first-order chi connectivity index (χ1) is 12.9. The smallest absolute Gasteiger partial charge is 0.261 e. The fourth-order valence-electron chi connectivity index (χ4n) is 3.55. The van der Waals surface area contributed by atoms with E-state index >= 15 is 0 Å². The van der Waals surface area contributed by atoms with Crippen LogP contribution < -0.4 is 14.6 Å². The van der Waals surface area contributed by atoms with Crippen LogP contribution in [0.5, 0.6) is 5.75 Å². The van der Waals surface area contributed by atoms with Gasteiger partial charge in [0.15, 0.2) is 0 Å². The zero-order chi connectivity index (χ0) is 19.2. The number of methoxy groups -OCH3 is 1. The highest BCUT2D eigenvalue weighted by Crippen LogP contribution is 2.36. The lowest BCUT2D eigenvalue weighted by molar-refractivity contribution is -0.255. The zero-order valence-corrected chi connectivity index (χ0v) is 15.3. The van der Waals surface area contributed by atoms with E-state index in [0.717, 1.165) is 29.7 Å². The maximum Gasteiger partial charge on any atom is 0.261 e. The summed E-state index contributed by atoms with van der Waals surface area (Å²) in [5.74, 6) is -1.46. The molecule has 3 aromatic rings. The Labute approximate surface area is 156 Å². The van der Waals surface area contributed by atoms with Gasteiger partial charge in [-0.25, -0.2) is 8.42 Å². The van der Waals surface area contributed by atoms with Crippen molar-refractivity contribution in [2.45, 2.75) is 17.7 Å². The molecule has 0 bridgehead atoms. The Bertz CT molecular complexity index is 1170. The van der Waals surface area contributed by atoms with Gasteiger partial charge in [-0.3, -0.25) is 4.72 Å². The van der Waals surface area contributed by atoms with Crippen molar-refractivity contribution in [3.63, 3.8) is 0 Å². The molecule has 138 valence electrons. The Balaban J connectivity index is 1.78. The van der Waals surface area contributed by atoms with E-state index in [-0.39, 0.29) is 16.2 Å². The summed E-state index contributed by atoms with van der Waals surface area (Å²) in [5.41, 5.74) is 2.54. The molecule has 0 saturated heterocycles. The van der Waals surface area contributed by atoms with Crippen LogP contribution in [0.15, 0.2) is 53.4 Å². The largest absolute Gasteiger partial charge is 0.545 e. The van der Waals surface area contributed by atoms with Crippen LogP contribution in [0.1, 0.15) is 21.5 Å². The molecule has 0 unspecified atom stereocenters. The number of sulfonamides is 1. The highest BCUT2D eigenvalue weighted by molar-refractivity contribution is 7.92. The number of benzene rings is 3. The summed E-state index contributed by atoms with van der Waals surface area (Å²) >= 11 is 0. The highest BCUT2D eigenvalue weighted by Gasteiger charge is 2.21. The van der Waals surface area contributed by atoms with Crippen LogP contribution >= 0.6 is 0 Å². The molecule has 0 spiro atoms. The SMILES string of the molecule is COc1ccc(S(=O)(=O)Nc2ccc3c4c(cccc24)CC3)cc1C(=O)[O-]. The first kappa shape index (κ1) is 17.4. The molecule has 27 heavy (non-hydrogen) atoms. The molecular formula is C20H16NO5S-. The summed E-state index contributed by atoms with van der Waals surface area (Å²) in [6.07, 6.45) is 1.88. The number of carboxylic acids is 1. The Morgan fingerprint density at radius 1 is 1.07 bits per heavy atom. The number of carbonyl (C=O) groups excluding carboxylic acids is 1. The highest BCUT2D eigenvalue weighted by atomic mass is 32.2. The molecule has 0 atom stereocenters. The molecule has 1 aliphatic rings. The van der Waals surface area contributed by atoms with Gasteiger partial charge in [-0.1, -0.05) is 24.3 Å². The van der Waals surface area contributed by atoms with Gasteiger partial charge in [-0.2, -0.15) is 0 Å². The molecule has 0 saturated carbocycles. The summed E-state index contributed by atoms with van der Waals surface area (Å²) in [6, 6.07) is 13.1. The van der Waals surface area contributed by atoms with Crippen molar-refractivity contribution >= 4 is 32.5 Å². The minimum atomic E-state index is -3.99. The van der Waals surface area contributed by atoms with Crippen LogP contribution in [0.4, 0.5) is 5.69 Å². The second kappa shape index (κ2) is 6.28. The first-order valence-electron chi connectivity index (χ1n) is 8.36. The number of carbonyl (C=O) groups is 1. The molecule has 0 fully saturated rings. The van der Waals surface area contributed by atoms with Crippen molar-refractivity contribution in [1.29, 1.82) is 0 Å². The number of aromatic carboxylic acids is 1.